The van der Waals surface area contributed by atoms with Crippen molar-refractivity contribution in [3.63, 3.8) is 0 Å². The minimum absolute atomic E-state index is 0.457. The standard InChI is InChI=1S/C14H12F2N2/c1-17-14(10-5-3-2-4-6-10)18-11-7-8-12(15)13(16)9-11/h2-9H,1H3,(H,17,18). The van der Waals surface area contributed by atoms with Crippen molar-refractivity contribution in [1.82, 2.24) is 0 Å². The number of hydrogen-bond donors (Lipinski definition) is 1. The third-order valence-corrected chi connectivity index (χ3v) is 2.45. The summed E-state index contributed by atoms with van der Waals surface area (Å²) in [4.78, 5) is 4.10. The van der Waals surface area contributed by atoms with Gasteiger partial charge in [0.1, 0.15) is 5.84 Å². The minimum atomic E-state index is -0.886. The molecule has 0 saturated heterocycles. The zero-order chi connectivity index (χ0) is 13.0. The van der Waals surface area contributed by atoms with Crippen LogP contribution in [-0.2, 0) is 0 Å². The predicted molar refractivity (Wildman–Crippen MR) is 68.9 cm³/mol. The highest BCUT2D eigenvalue weighted by molar-refractivity contribution is 6.08. The molecule has 2 aromatic carbocycles. The summed E-state index contributed by atoms with van der Waals surface area (Å²) >= 11 is 0. The van der Waals surface area contributed by atoms with Crippen molar-refractivity contribution >= 4 is 11.5 Å². The molecule has 18 heavy (non-hydrogen) atoms. The molecule has 0 fully saturated rings. The molecule has 0 aliphatic carbocycles. The van der Waals surface area contributed by atoms with E-state index in [0.717, 1.165) is 17.7 Å². The van der Waals surface area contributed by atoms with Gasteiger partial charge in [-0.25, -0.2) is 8.78 Å². The Bertz CT molecular complexity index is 565. The lowest BCUT2D eigenvalue weighted by atomic mass is 10.2. The molecule has 0 unspecified atom stereocenters. The van der Waals surface area contributed by atoms with Gasteiger partial charge >= 0.3 is 0 Å². The molecule has 0 bridgehead atoms. The maximum atomic E-state index is 13.1. The summed E-state index contributed by atoms with van der Waals surface area (Å²) in [6.07, 6.45) is 0. The lowest BCUT2D eigenvalue weighted by Crippen LogP contribution is -2.13. The monoisotopic (exact) mass is 246 g/mol. The van der Waals surface area contributed by atoms with E-state index in [-0.39, 0.29) is 0 Å². The van der Waals surface area contributed by atoms with Gasteiger partial charge < -0.3 is 5.32 Å². The molecule has 92 valence electrons. The summed E-state index contributed by atoms with van der Waals surface area (Å²) in [5.74, 6) is -1.15. The van der Waals surface area contributed by atoms with Gasteiger partial charge in [-0.1, -0.05) is 30.3 Å². The second kappa shape index (κ2) is 5.40. The van der Waals surface area contributed by atoms with E-state index in [9.17, 15) is 8.78 Å². The van der Waals surface area contributed by atoms with Crippen LogP contribution in [0.2, 0.25) is 0 Å². The predicted octanol–water partition coefficient (Wildman–Crippen LogP) is 3.45. The molecular formula is C14H12F2N2. The Balaban J connectivity index is 2.24. The molecule has 2 aromatic rings. The number of nitrogens with one attached hydrogen (secondary N) is 1. The Morgan fingerprint density at radius 1 is 1.00 bits per heavy atom. The van der Waals surface area contributed by atoms with Crippen molar-refractivity contribution in [2.45, 2.75) is 0 Å². The van der Waals surface area contributed by atoms with E-state index < -0.39 is 11.6 Å². The Morgan fingerprint density at radius 3 is 2.33 bits per heavy atom. The van der Waals surface area contributed by atoms with Crippen LogP contribution >= 0.6 is 0 Å². The number of nitrogens with zero attached hydrogens (tertiary/aromatic N) is 1. The van der Waals surface area contributed by atoms with E-state index in [1.807, 2.05) is 30.3 Å². The third-order valence-electron chi connectivity index (χ3n) is 2.45. The number of aliphatic imine (C=N–C) groups is 1. The van der Waals surface area contributed by atoms with E-state index in [1.165, 1.54) is 6.07 Å². The lowest BCUT2D eigenvalue weighted by molar-refractivity contribution is 0.509. The summed E-state index contributed by atoms with van der Waals surface area (Å²) in [5.41, 5.74) is 1.34. The zero-order valence-electron chi connectivity index (χ0n) is 9.82. The quantitative estimate of drug-likeness (QED) is 0.637. The highest BCUT2D eigenvalue weighted by Crippen LogP contribution is 2.14. The molecule has 0 amide bonds. The van der Waals surface area contributed by atoms with E-state index >= 15 is 0 Å². The molecule has 0 spiro atoms. The van der Waals surface area contributed by atoms with Crippen LogP contribution in [0.5, 0.6) is 0 Å². The van der Waals surface area contributed by atoms with Gasteiger partial charge in [-0.15, -0.1) is 0 Å². The minimum Gasteiger partial charge on any atom is -0.340 e. The molecule has 0 aliphatic rings. The van der Waals surface area contributed by atoms with E-state index in [0.29, 0.717) is 11.5 Å². The van der Waals surface area contributed by atoms with E-state index in [4.69, 9.17) is 0 Å². The fourth-order valence-electron chi connectivity index (χ4n) is 1.56. The third kappa shape index (κ3) is 2.71. The normalized spacial score (nSPS) is 11.4. The first-order valence-electron chi connectivity index (χ1n) is 5.45. The summed E-state index contributed by atoms with van der Waals surface area (Å²) in [5, 5.41) is 2.96. The van der Waals surface area contributed by atoms with Gasteiger partial charge in [0, 0.05) is 24.4 Å². The van der Waals surface area contributed by atoms with Crippen LogP contribution in [0.25, 0.3) is 0 Å². The Hall–Kier alpha value is -2.23. The maximum absolute atomic E-state index is 13.1. The second-order valence-corrected chi connectivity index (χ2v) is 3.69. The molecule has 2 nitrogen and oxygen atoms in total. The van der Waals surface area contributed by atoms with Crippen molar-refractivity contribution < 1.29 is 8.78 Å². The van der Waals surface area contributed by atoms with Crippen LogP contribution < -0.4 is 5.32 Å². The van der Waals surface area contributed by atoms with Gasteiger partial charge in [0.2, 0.25) is 0 Å². The summed E-state index contributed by atoms with van der Waals surface area (Å²) < 4.78 is 25.9. The summed E-state index contributed by atoms with van der Waals surface area (Å²) in [6.45, 7) is 0. The van der Waals surface area contributed by atoms with Gasteiger partial charge in [0.25, 0.3) is 0 Å². The molecule has 2 rings (SSSR count). The highest BCUT2D eigenvalue weighted by Gasteiger charge is 2.05. The van der Waals surface area contributed by atoms with E-state index in [2.05, 4.69) is 10.3 Å². The molecule has 0 aromatic heterocycles. The smallest absolute Gasteiger partial charge is 0.160 e. The molecule has 4 heteroatoms. The molecule has 0 saturated carbocycles. The van der Waals surface area contributed by atoms with Crippen molar-refractivity contribution in [3.05, 3.63) is 65.7 Å². The lowest BCUT2D eigenvalue weighted by Gasteiger charge is -2.09. The number of anilines is 1. The Morgan fingerprint density at radius 2 is 1.72 bits per heavy atom. The fraction of sp³-hybridized carbons (Fsp3) is 0.0714. The second-order valence-electron chi connectivity index (χ2n) is 3.69. The van der Waals surface area contributed by atoms with Crippen LogP contribution in [0, 0.1) is 11.6 Å². The fourth-order valence-corrected chi connectivity index (χ4v) is 1.56. The van der Waals surface area contributed by atoms with E-state index in [1.54, 1.807) is 7.05 Å². The molecular weight excluding hydrogens is 234 g/mol. The average molecular weight is 246 g/mol. The first-order valence-corrected chi connectivity index (χ1v) is 5.45. The number of rotatable bonds is 2. The van der Waals surface area contributed by atoms with Crippen molar-refractivity contribution in [3.8, 4) is 0 Å². The largest absolute Gasteiger partial charge is 0.340 e. The van der Waals surface area contributed by atoms with Crippen LogP contribution in [0.15, 0.2) is 53.5 Å². The first kappa shape index (κ1) is 12.2. The van der Waals surface area contributed by atoms with Crippen LogP contribution in [-0.4, -0.2) is 12.9 Å². The van der Waals surface area contributed by atoms with Gasteiger partial charge in [-0.2, -0.15) is 0 Å². The van der Waals surface area contributed by atoms with Crippen LogP contribution in [0.1, 0.15) is 5.56 Å². The molecule has 0 radical (unpaired) electrons. The van der Waals surface area contributed by atoms with Crippen LogP contribution in [0.3, 0.4) is 0 Å². The topological polar surface area (TPSA) is 24.4 Å². The summed E-state index contributed by atoms with van der Waals surface area (Å²) in [7, 11) is 1.63. The number of amidine groups is 1. The zero-order valence-corrected chi connectivity index (χ0v) is 9.82. The SMILES string of the molecule is CN=C(Nc1ccc(F)c(F)c1)c1ccccc1. The van der Waals surface area contributed by atoms with Crippen molar-refractivity contribution in [1.29, 1.82) is 0 Å². The number of benzene rings is 2. The van der Waals surface area contributed by atoms with Crippen LogP contribution in [0.4, 0.5) is 14.5 Å². The molecule has 0 heterocycles. The highest BCUT2D eigenvalue weighted by atomic mass is 19.2. The number of halogens is 2. The average Bonchev–Trinajstić information content (AvgIpc) is 2.41. The Labute approximate surface area is 104 Å². The van der Waals surface area contributed by atoms with Crippen molar-refractivity contribution in [2.75, 3.05) is 12.4 Å². The van der Waals surface area contributed by atoms with Gasteiger partial charge in [-0.3, -0.25) is 4.99 Å². The first-order chi connectivity index (χ1) is 8.70. The van der Waals surface area contributed by atoms with Gasteiger partial charge in [0.05, 0.1) is 0 Å². The maximum Gasteiger partial charge on any atom is 0.160 e. The van der Waals surface area contributed by atoms with Gasteiger partial charge in [-0.05, 0) is 12.1 Å². The molecule has 0 aliphatic heterocycles. The van der Waals surface area contributed by atoms with Gasteiger partial charge in [0.15, 0.2) is 11.6 Å². The van der Waals surface area contributed by atoms with Crippen molar-refractivity contribution in [2.24, 2.45) is 4.99 Å². The Kier molecular flexibility index (Phi) is 3.67. The summed E-state index contributed by atoms with van der Waals surface area (Å²) in [6, 6.07) is 13.1. The number of hydrogen-bond acceptors (Lipinski definition) is 1. The molecule has 1 N–H and O–H groups in total. The molecule has 0 atom stereocenters.